The van der Waals surface area contributed by atoms with Crippen LogP contribution in [0.25, 0.3) is 0 Å². The lowest BCUT2D eigenvalue weighted by Gasteiger charge is -2.19. The number of anilines is 1. The Morgan fingerprint density at radius 1 is 1.16 bits per heavy atom. The maximum Gasteiger partial charge on any atom is 0.124 e. The van der Waals surface area contributed by atoms with Crippen LogP contribution in [0.2, 0.25) is 5.02 Å². The molecule has 2 nitrogen and oxygen atoms in total. The highest BCUT2D eigenvalue weighted by atomic mass is 35.5. The first-order chi connectivity index (χ1) is 9.10. The summed E-state index contributed by atoms with van der Waals surface area (Å²) in [6, 6.07) is 14.1. The SMILES string of the molecule is COc1cc(C)ccc1C(C)Nc1cccc(Cl)c1. The highest BCUT2D eigenvalue weighted by Crippen LogP contribution is 2.29. The van der Waals surface area contributed by atoms with Crippen LogP contribution in [0.1, 0.15) is 24.1 Å². The number of nitrogens with one attached hydrogen (secondary N) is 1. The third-order valence-corrected chi connectivity index (χ3v) is 3.30. The zero-order valence-electron chi connectivity index (χ0n) is 11.4. The fourth-order valence-electron chi connectivity index (χ4n) is 2.08. The van der Waals surface area contributed by atoms with Crippen LogP contribution in [0, 0.1) is 6.92 Å². The van der Waals surface area contributed by atoms with Crippen molar-refractivity contribution in [2.45, 2.75) is 19.9 Å². The zero-order valence-corrected chi connectivity index (χ0v) is 12.2. The van der Waals surface area contributed by atoms with Crippen LogP contribution in [0.4, 0.5) is 5.69 Å². The molecule has 19 heavy (non-hydrogen) atoms. The Kier molecular flexibility index (Phi) is 4.33. The van der Waals surface area contributed by atoms with Crippen LogP contribution in [0.5, 0.6) is 5.75 Å². The van der Waals surface area contributed by atoms with E-state index in [0.717, 1.165) is 22.0 Å². The number of ether oxygens (including phenoxy) is 1. The minimum absolute atomic E-state index is 0.147. The normalized spacial score (nSPS) is 12.0. The molecule has 1 unspecified atom stereocenters. The first-order valence-corrected chi connectivity index (χ1v) is 6.64. The van der Waals surface area contributed by atoms with Gasteiger partial charge in [0.2, 0.25) is 0 Å². The van der Waals surface area contributed by atoms with Gasteiger partial charge in [-0.1, -0.05) is 29.8 Å². The molecule has 0 bridgehead atoms. The summed E-state index contributed by atoms with van der Waals surface area (Å²) < 4.78 is 5.44. The molecule has 1 atom stereocenters. The topological polar surface area (TPSA) is 21.3 Å². The maximum atomic E-state index is 5.99. The Labute approximate surface area is 119 Å². The molecular formula is C16H18ClNO. The molecule has 100 valence electrons. The molecule has 0 radical (unpaired) electrons. The number of rotatable bonds is 4. The molecule has 2 rings (SSSR count). The molecule has 1 N–H and O–H groups in total. The second kappa shape index (κ2) is 5.98. The van der Waals surface area contributed by atoms with Gasteiger partial charge >= 0.3 is 0 Å². The molecule has 2 aromatic rings. The monoisotopic (exact) mass is 275 g/mol. The Hall–Kier alpha value is -1.67. The summed E-state index contributed by atoms with van der Waals surface area (Å²) >= 11 is 5.99. The van der Waals surface area contributed by atoms with Gasteiger partial charge in [-0.15, -0.1) is 0 Å². The zero-order chi connectivity index (χ0) is 13.8. The first kappa shape index (κ1) is 13.8. The molecule has 0 spiro atoms. The van der Waals surface area contributed by atoms with Gasteiger partial charge in [-0.25, -0.2) is 0 Å². The van der Waals surface area contributed by atoms with Crippen molar-refractivity contribution in [3.8, 4) is 5.75 Å². The molecule has 0 saturated carbocycles. The van der Waals surface area contributed by atoms with Gasteiger partial charge in [-0.2, -0.15) is 0 Å². The Morgan fingerprint density at radius 2 is 1.95 bits per heavy atom. The smallest absolute Gasteiger partial charge is 0.124 e. The maximum absolute atomic E-state index is 5.99. The van der Waals surface area contributed by atoms with E-state index in [0.29, 0.717) is 0 Å². The molecule has 0 amide bonds. The lowest BCUT2D eigenvalue weighted by atomic mass is 10.0. The summed E-state index contributed by atoms with van der Waals surface area (Å²) in [5.74, 6) is 0.905. The van der Waals surface area contributed by atoms with Gasteiger partial charge in [0.05, 0.1) is 13.2 Å². The number of benzene rings is 2. The van der Waals surface area contributed by atoms with E-state index in [4.69, 9.17) is 16.3 Å². The summed E-state index contributed by atoms with van der Waals surface area (Å²) in [7, 11) is 1.70. The highest BCUT2D eigenvalue weighted by molar-refractivity contribution is 6.30. The molecule has 2 aromatic carbocycles. The van der Waals surface area contributed by atoms with Crippen molar-refractivity contribution < 1.29 is 4.74 Å². The van der Waals surface area contributed by atoms with Crippen molar-refractivity contribution in [3.63, 3.8) is 0 Å². The standard InChI is InChI=1S/C16H18ClNO/c1-11-7-8-15(16(9-11)19-3)12(2)18-14-6-4-5-13(17)10-14/h4-10,12,18H,1-3H3. The number of hydrogen-bond acceptors (Lipinski definition) is 2. The van der Waals surface area contributed by atoms with Crippen LogP contribution in [0.3, 0.4) is 0 Å². The Balaban J connectivity index is 2.22. The Bertz CT molecular complexity index is 568. The molecule has 0 aliphatic heterocycles. The minimum atomic E-state index is 0.147. The van der Waals surface area contributed by atoms with Gasteiger partial charge < -0.3 is 10.1 Å². The first-order valence-electron chi connectivity index (χ1n) is 6.27. The Morgan fingerprint density at radius 3 is 2.63 bits per heavy atom. The van der Waals surface area contributed by atoms with E-state index in [1.165, 1.54) is 5.56 Å². The van der Waals surface area contributed by atoms with Crippen molar-refractivity contribution in [3.05, 3.63) is 58.6 Å². The van der Waals surface area contributed by atoms with E-state index >= 15 is 0 Å². The molecule has 0 saturated heterocycles. The second-order valence-corrected chi connectivity index (χ2v) is 5.06. The van der Waals surface area contributed by atoms with Gasteiger partial charge in [-0.3, -0.25) is 0 Å². The summed E-state index contributed by atoms with van der Waals surface area (Å²) in [6.07, 6.45) is 0. The number of hydrogen-bond donors (Lipinski definition) is 1. The molecule has 0 fully saturated rings. The van der Waals surface area contributed by atoms with Crippen LogP contribution < -0.4 is 10.1 Å². The predicted octanol–water partition coefficient (Wildman–Crippen LogP) is 4.83. The van der Waals surface area contributed by atoms with Crippen LogP contribution in [0.15, 0.2) is 42.5 Å². The second-order valence-electron chi connectivity index (χ2n) is 4.62. The number of halogens is 1. The fraction of sp³-hybridized carbons (Fsp3) is 0.250. The van der Waals surface area contributed by atoms with Gasteiger partial charge in [0.15, 0.2) is 0 Å². The van der Waals surface area contributed by atoms with E-state index < -0.39 is 0 Å². The largest absolute Gasteiger partial charge is 0.496 e. The van der Waals surface area contributed by atoms with Crippen molar-refractivity contribution in [1.29, 1.82) is 0 Å². The molecule has 0 heterocycles. The van der Waals surface area contributed by atoms with Crippen LogP contribution >= 0.6 is 11.6 Å². The predicted molar refractivity (Wildman–Crippen MR) is 81.2 cm³/mol. The quantitative estimate of drug-likeness (QED) is 0.863. The van der Waals surface area contributed by atoms with Crippen molar-refractivity contribution in [2.24, 2.45) is 0 Å². The summed E-state index contributed by atoms with van der Waals surface area (Å²) in [4.78, 5) is 0. The van der Waals surface area contributed by atoms with Gasteiger partial charge in [0.25, 0.3) is 0 Å². The van der Waals surface area contributed by atoms with Crippen LogP contribution in [-0.4, -0.2) is 7.11 Å². The summed E-state index contributed by atoms with van der Waals surface area (Å²) in [5, 5.41) is 4.16. The molecule has 3 heteroatoms. The highest BCUT2D eigenvalue weighted by Gasteiger charge is 2.11. The average molecular weight is 276 g/mol. The lowest BCUT2D eigenvalue weighted by Crippen LogP contribution is -2.08. The molecular weight excluding hydrogens is 258 g/mol. The lowest BCUT2D eigenvalue weighted by molar-refractivity contribution is 0.407. The third kappa shape index (κ3) is 3.42. The van der Waals surface area contributed by atoms with E-state index in [-0.39, 0.29) is 6.04 Å². The van der Waals surface area contributed by atoms with Crippen molar-refractivity contribution >= 4 is 17.3 Å². The third-order valence-electron chi connectivity index (χ3n) is 3.06. The average Bonchev–Trinajstić information content (AvgIpc) is 2.38. The summed E-state index contributed by atoms with van der Waals surface area (Å²) in [5.41, 5.74) is 3.33. The van der Waals surface area contributed by atoms with Gasteiger partial charge in [-0.05, 0) is 43.7 Å². The fourth-order valence-corrected chi connectivity index (χ4v) is 2.27. The van der Waals surface area contributed by atoms with Crippen molar-refractivity contribution in [1.82, 2.24) is 0 Å². The molecule has 0 aliphatic carbocycles. The number of methoxy groups -OCH3 is 1. The van der Waals surface area contributed by atoms with Crippen LogP contribution in [-0.2, 0) is 0 Å². The van der Waals surface area contributed by atoms with Gasteiger partial charge in [0.1, 0.15) is 5.75 Å². The molecule has 0 aromatic heterocycles. The van der Waals surface area contributed by atoms with E-state index in [9.17, 15) is 0 Å². The van der Waals surface area contributed by atoms with Crippen molar-refractivity contribution in [2.75, 3.05) is 12.4 Å². The van der Waals surface area contributed by atoms with E-state index in [1.54, 1.807) is 7.11 Å². The summed E-state index contributed by atoms with van der Waals surface area (Å²) in [6.45, 7) is 4.16. The van der Waals surface area contributed by atoms with Gasteiger partial charge in [0, 0.05) is 16.3 Å². The minimum Gasteiger partial charge on any atom is -0.496 e. The van der Waals surface area contributed by atoms with E-state index in [2.05, 4.69) is 31.3 Å². The number of aryl methyl sites for hydroxylation is 1. The molecule has 0 aliphatic rings. The van der Waals surface area contributed by atoms with E-state index in [1.807, 2.05) is 30.3 Å².